The van der Waals surface area contributed by atoms with Crippen LogP contribution in [0.15, 0.2) is 61.2 Å². The first kappa shape index (κ1) is 30.9. The number of hydrogen-bond acceptors (Lipinski definition) is 4. The summed E-state index contributed by atoms with van der Waals surface area (Å²) in [7, 11) is 0. The van der Waals surface area contributed by atoms with Gasteiger partial charge in [0.1, 0.15) is 17.7 Å². The lowest BCUT2D eigenvalue weighted by atomic mass is 9.93. The number of alkyl carbamates (subject to hydrolysis) is 1. The molecule has 7 nitrogen and oxygen atoms in total. The van der Waals surface area contributed by atoms with Gasteiger partial charge in [0, 0.05) is 19.0 Å². The third-order valence-corrected chi connectivity index (χ3v) is 7.12. The minimum atomic E-state index is -0.952. The lowest BCUT2D eigenvalue weighted by molar-refractivity contribution is -0.142. The van der Waals surface area contributed by atoms with Crippen molar-refractivity contribution in [3.8, 4) is 0 Å². The summed E-state index contributed by atoms with van der Waals surface area (Å²) < 4.78 is 5.50. The highest BCUT2D eigenvalue weighted by Gasteiger charge is 2.37. The first-order valence-corrected chi connectivity index (χ1v) is 14.3. The lowest BCUT2D eigenvalue weighted by Gasteiger charge is -2.36. The highest BCUT2D eigenvalue weighted by molar-refractivity contribution is 5.92. The Labute approximate surface area is 239 Å². The van der Waals surface area contributed by atoms with Gasteiger partial charge in [-0.25, -0.2) is 4.79 Å². The maximum absolute atomic E-state index is 14.4. The molecule has 0 radical (unpaired) electrons. The molecule has 0 spiro atoms. The molecule has 216 valence electrons. The number of amides is 3. The summed E-state index contributed by atoms with van der Waals surface area (Å²) in [4.78, 5) is 42.8. The molecule has 0 aromatic heterocycles. The summed E-state index contributed by atoms with van der Waals surface area (Å²) >= 11 is 0. The molecule has 0 saturated heterocycles. The predicted molar refractivity (Wildman–Crippen MR) is 159 cm³/mol. The van der Waals surface area contributed by atoms with Crippen LogP contribution in [0.3, 0.4) is 0 Å². The molecule has 0 aliphatic heterocycles. The smallest absolute Gasteiger partial charge is 0.408 e. The van der Waals surface area contributed by atoms with Crippen molar-refractivity contribution in [2.75, 3.05) is 6.54 Å². The molecule has 2 atom stereocenters. The number of carbonyl (C=O) groups excluding carboxylic acids is 3. The van der Waals surface area contributed by atoms with Crippen molar-refractivity contribution < 1.29 is 19.1 Å². The van der Waals surface area contributed by atoms with Gasteiger partial charge in [-0.15, -0.1) is 6.58 Å². The second-order valence-corrected chi connectivity index (χ2v) is 11.8. The third kappa shape index (κ3) is 8.97. The van der Waals surface area contributed by atoms with Crippen molar-refractivity contribution >= 4 is 17.9 Å². The normalized spacial score (nSPS) is 15.4. The topological polar surface area (TPSA) is 87.7 Å². The molecular weight excluding hydrogens is 502 g/mol. The van der Waals surface area contributed by atoms with Crippen LogP contribution in [0.4, 0.5) is 4.79 Å². The predicted octanol–water partition coefficient (Wildman–Crippen LogP) is 5.94. The summed E-state index contributed by atoms with van der Waals surface area (Å²) in [5, 5.41) is 6.03. The Kier molecular flexibility index (Phi) is 10.9. The summed E-state index contributed by atoms with van der Waals surface area (Å²) in [5.74, 6) is -0.592. The van der Waals surface area contributed by atoms with E-state index in [1.165, 1.54) is 11.3 Å². The highest BCUT2D eigenvalue weighted by Crippen LogP contribution is 2.28. The van der Waals surface area contributed by atoms with E-state index in [0.29, 0.717) is 0 Å². The SMILES string of the molecule is C=CCN(C(=O)C(Cc1ccccc1)NC(=O)OC(C)(C)C)C(C(=O)NC1CCCCC1)c1cc(C)ccc1C. The van der Waals surface area contributed by atoms with Gasteiger partial charge in [0.05, 0.1) is 0 Å². The zero-order valence-electron chi connectivity index (χ0n) is 24.7. The maximum Gasteiger partial charge on any atom is 0.408 e. The van der Waals surface area contributed by atoms with Crippen LogP contribution in [-0.4, -0.2) is 47.0 Å². The minimum Gasteiger partial charge on any atom is -0.444 e. The van der Waals surface area contributed by atoms with Crippen LogP contribution < -0.4 is 10.6 Å². The van der Waals surface area contributed by atoms with Crippen LogP contribution in [-0.2, 0) is 20.7 Å². The Morgan fingerprint density at radius 1 is 1.05 bits per heavy atom. The van der Waals surface area contributed by atoms with Gasteiger partial charge in [0.2, 0.25) is 11.8 Å². The number of hydrogen-bond donors (Lipinski definition) is 2. The molecule has 1 saturated carbocycles. The largest absolute Gasteiger partial charge is 0.444 e. The Balaban J connectivity index is 2.02. The van der Waals surface area contributed by atoms with E-state index in [-0.39, 0.29) is 30.8 Å². The van der Waals surface area contributed by atoms with Crippen molar-refractivity contribution in [1.29, 1.82) is 0 Å². The summed E-state index contributed by atoms with van der Waals surface area (Å²) in [6, 6.07) is 13.7. The molecule has 7 heteroatoms. The van der Waals surface area contributed by atoms with Crippen molar-refractivity contribution in [1.82, 2.24) is 15.5 Å². The fraction of sp³-hybridized carbons (Fsp3) is 0.485. The first-order valence-electron chi connectivity index (χ1n) is 14.3. The molecule has 2 aromatic rings. The van der Waals surface area contributed by atoms with Gasteiger partial charge >= 0.3 is 6.09 Å². The van der Waals surface area contributed by atoms with E-state index >= 15 is 0 Å². The van der Waals surface area contributed by atoms with E-state index < -0.39 is 23.8 Å². The zero-order valence-corrected chi connectivity index (χ0v) is 24.7. The average Bonchev–Trinajstić information content (AvgIpc) is 2.89. The Hall–Kier alpha value is -3.61. The van der Waals surface area contributed by atoms with Crippen molar-refractivity contribution in [2.45, 2.75) is 96.9 Å². The van der Waals surface area contributed by atoms with Gasteiger partial charge in [-0.3, -0.25) is 9.59 Å². The number of ether oxygens (including phenoxy) is 1. The third-order valence-electron chi connectivity index (χ3n) is 7.12. The van der Waals surface area contributed by atoms with Crippen LogP contribution in [0.25, 0.3) is 0 Å². The van der Waals surface area contributed by atoms with Crippen molar-refractivity contribution in [2.24, 2.45) is 0 Å². The number of nitrogens with one attached hydrogen (secondary N) is 2. The number of benzene rings is 2. The van der Waals surface area contributed by atoms with Crippen LogP contribution in [0, 0.1) is 13.8 Å². The quantitative estimate of drug-likeness (QED) is 0.360. The molecule has 0 heterocycles. The molecule has 3 rings (SSSR count). The summed E-state index contributed by atoms with van der Waals surface area (Å²) in [5.41, 5.74) is 2.82. The highest BCUT2D eigenvalue weighted by atomic mass is 16.6. The standard InChI is InChI=1S/C33H45N3O4/c1-7-20-36(31(38)28(22-25-14-10-8-11-15-25)35-32(39)40-33(4,5)6)29(27-21-23(2)18-19-24(27)3)30(37)34-26-16-12-9-13-17-26/h7-8,10-11,14-15,18-19,21,26,28-29H,1,9,12-13,16-17,20,22H2,2-6H3,(H,34,37)(H,35,39). The lowest BCUT2D eigenvalue weighted by Crippen LogP contribution is -2.54. The van der Waals surface area contributed by atoms with Gasteiger partial charge < -0.3 is 20.3 Å². The van der Waals surface area contributed by atoms with E-state index in [1.54, 1.807) is 26.8 Å². The summed E-state index contributed by atoms with van der Waals surface area (Å²) in [6.45, 7) is 13.3. The van der Waals surface area contributed by atoms with E-state index in [1.807, 2.05) is 62.4 Å². The van der Waals surface area contributed by atoms with Gasteiger partial charge in [0.15, 0.2) is 0 Å². The van der Waals surface area contributed by atoms with Crippen LogP contribution in [0.5, 0.6) is 0 Å². The fourth-order valence-corrected chi connectivity index (χ4v) is 5.19. The minimum absolute atomic E-state index is 0.0783. The second-order valence-electron chi connectivity index (χ2n) is 11.8. The van der Waals surface area contributed by atoms with Crippen LogP contribution >= 0.6 is 0 Å². The molecule has 1 fully saturated rings. The fourth-order valence-electron chi connectivity index (χ4n) is 5.19. The first-order chi connectivity index (χ1) is 19.0. The van der Waals surface area contributed by atoms with Crippen LogP contribution in [0.2, 0.25) is 0 Å². The Morgan fingerprint density at radius 2 is 1.73 bits per heavy atom. The van der Waals surface area contributed by atoms with Gasteiger partial charge in [-0.05, 0) is 64.2 Å². The molecule has 2 N–H and O–H groups in total. The molecule has 2 aromatic carbocycles. The van der Waals surface area contributed by atoms with E-state index in [9.17, 15) is 14.4 Å². The summed E-state index contributed by atoms with van der Waals surface area (Å²) in [6.07, 6.45) is 6.37. The molecule has 3 amide bonds. The maximum atomic E-state index is 14.4. The number of carbonyl (C=O) groups is 3. The molecule has 1 aliphatic rings. The number of nitrogens with zero attached hydrogens (tertiary/aromatic N) is 1. The molecule has 40 heavy (non-hydrogen) atoms. The van der Waals surface area contributed by atoms with E-state index in [0.717, 1.165) is 47.9 Å². The molecule has 1 aliphatic carbocycles. The van der Waals surface area contributed by atoms with Crippen molar-refractivity contribution in [3.63, 3.8) is 0 Å². The van der Waals surface area contributed by atoms with E-state index in [2.05, 4.69) is 17.2 Å². The van der Waals surface area contributed by atoms with E-state index in [4.69, 9.17) is 4.74 Å². The second kappa shape index (κ2) is 14.1. The monoisotopic (exact) mass is 547 g/mol. The van der Waals surface area contributed by atoms with Gasteiger partial charge in [-0.2, -0.15) is 0 Å². The molecular formula is C33H45N3O4. The Morgan fingerprint density at radius 3 is 2.35 bits per heavy atom. The number of rotatable bonds is 10. The number of aryl methyl sites for hydroxylation is 2. The Bertz CT molecular complexity index is 1170. The molecule has 0 bridgehead atoms. The van der Waals surface area contributed by atoms with Gasteiger partial charge in [-0.1, -0.05) is 79.4 Å². The van der Waals surface area contributed by atoms with Crippen LogP contribution in [0.1, 0.15) is 81.2 Å². The zero-order chi connectivity index (χ0) is 29.3. The average molecular weight is 548 g/mol. The van der Waals surface area contributed by atoms with Gasteiger partial charge in [0.25, 0.3) is 0 Å². The van der Waals surface area contributed by atoms with Crippen molar-refractivity contribution in [3.05, 3.63) is 83.4 Å². The molecule has 2 unspecified atom stereocenters.